The maximum Gasteiger partial charge on any atom is 0.286 e. The summed E-state index contributed by atoms with van der Waals surface area (Å²) >= 11 is 1.22. The first-order valence-electron chi connectivity index (χ1n) is 9.20. The Kier molecular flexibility index (Phi) is 5.57. The zero-order valence-corrected chi connectivity index (χ0v) is 16.2. The van der Waals surface area contributed by atoms with Crippen molar-refractivity contribution in [1.82, 2.24) is 20.1 Å². The van der Waals surface area contributed by atoms with Crippen LogP contribution >= 0.6 is 11.3 Å². The minimum absolute atomic E-state index is 0.0363. The highest BCUT2D eigenvalue weighted by atomic mass is 32.1. The second-order valence-electron chi connectivity index (χ2n) is 6.74. The van der Waals surface area contributed by atoms with Crippen molar-refractivity contribution in [2.45, 2.75) is 18.8 Å². The Morgan fingerprint density at radius 3 is 2.76 bits per heavy atom. The lowest BCUT2D eigenvalue weighted by atomic mass is 9.98. The first-order valence-corrected chi connectivity index (χ1v) is 10.0. The molecule has 9 heteroatoms. The normalized spacial score (nSPS) is 16.4. The number of nitrogens with one attached hydrogen (secondary N) is 1. The standard InChI is InChI=1S/C20H18FN5O2S/c21-15-5-7-16(8-6-15)23-17(27)19-25-24-18(29-19)14-4-2-10-26(12-14)20(28)13-3-1-9-22-11-13/h1,3,5-9,11,14H,2,4,10,12H2,(H,23,27). The van der Waals surface area contributed by atoms with Crippen LogP contribution in [0.4, 0.5) is 10.1 Å². The minimum Gasteiger partial charge on any atom is -0.338 e. The Labute approximate surface area is 170 Å². The van der Waals surface area contributed by atoms with E-state index >= 15 is 0 Å². The number of hydrogen-bond acceptors (Lipinski definition) is 6. The number of halogens is 1. The molecule has 0 spiro atoms. The van der Waals surface area contributed by atoms with Crippen LogP contribution in [-0.2, 0) is 0 Å². The fourth-order valence-electron chi connectivity index (χ4n) is 3.24. The second-order valence-corrected chi connectivity index (χ2v) is 7.75. The lowest BCUT2D eigenvalue weighted by molar-refractivity contribution is 0.0706. The van der Waals surface area contributed by atoms with Crippen LogP contribution in [0.2, 0.25) is 0 Å². The van der Waals surface area contributed by atoms with Gasteiger partial charge >= 0.3 is 0 Å². The summed E-state index contributed by atoms with van der Waals surface area (Å²) in [4.78, 5) is 30.9. The number of nitrogens with zero attached hydrogens (tertiary/aromatic N) is 4. The molecule has 3 heterocycles. The summed E-state index contributed by atoms with van der Waals surface area (Å²) in [5, 5.41) is 11.8. The molecule has 1 aliphatic heterocycles. The zero-order chi connectivity index (χ0) is 20.2. The molecule has 1 fully saturated rings. The topological polar surface area (TPSA) is 88.1 Å². The largest absolute Gasteiger partial charge is 0.338 e. The van der Waals surface area contributed by atoms with Crippen molar-refractivity contribution >= 4 is 28.8 Å². The molecule has 0 saturated carbocycles. The van der Waals surface area contributed by atoms with E-state index in [2.05, 4.69) is 20.5 Å². The zero-order valence-electron chi connectivity index (χ0n) is 15.4. The van der Waals surface area contributed by atoms with Crippen molar-refractivity contribution in [3.63, 3.8) is 0 Å². The number of piperidine rings is 1. The number of carbonyl (C=O) groups is 2. The molecule has 1 aromatic carbocycles. The van der Waals surface area contributed by atoms with Crippen molar-refractivity contribution in [3.8, 4) is 0 Å². The average Bonchev–Trinajstić information content (AvgIpc) is 3.26. The van der Waals surface area contributed by atoms with Crippen LogP contribution in [0, 0.1) is 5.82 Å². The SMILES string of the molecule is O=C(Nc1ccc(F)cc1)c1nnc(C2CCCN(C(=O)c3cccnc3)C2)s1. The third-order valence-corrected chi connectivity index (χ3v) is 5.79. The first-order chi connectivity index (χ1) is 14.1. The van der Waals surface area contributed by atoms with Crippen LogP contribution in [0.1, 0.15) is 43.9 Å². The van der Waals surface area contributed by atoms with E-state index in [-0.39, 0.29) is 28.6 Å². The average molecular weight is 411 g/mol. The van der Waals surface area contributed by atoms with Crippen LogP contribution < -0.4 is 5.32 Å². The smallest absolute Gasteiger partial charge is 0.286 e. The van der Waals surface area contributed by atoms with Gasteiger partial charge in [0, 0.05) is 37.1 Å². The number of pyridine rings is 1. The number of rotatable bonds is 4. The number of amides is 2. The van der Waals surface area contributed by atoms with Crippen LogP contribution in [-0.4, -0.2) is 45.0 Å². The molecule has 7 nitrogen and oxygen atoms in total. The summed E-state index contributed by atoms with van der Waals surface area (Å²) in [5.74, 6) is -0.779. The fraction of sp³-hybridized carbons (Fsp3) is 0.250. The van der Waals surface area contributed by atoms with E-state index in [0.29, 0.717) is 24.3 Å². The van der Waals surface area contributed by atoms with Gasteiger partial charge in [-0.3, -0.25) is 14.6 Å². The quantitative estimate of drug-likeness (QED) is 0.711. The number of anilines is 1. The highest BCUT2D eigenvalue weighted by Crippen LogP contribution is 2.30. The van der Waals surface area contributed by atoms with Crippen molar-refractivity contribution in [1.29, 1.82) is 0 Å². The molecule has 1 saturated heterocycles. The van der Waals surface area contributed by atoms with Gasteiger partial charge in [0.1, 0.15) is 10.8 Å². The van der Waals surface area contributed by atoms with Gasteiger partial charge in [-0.25, -0.2) is 4.39 Å². The molecule has 1 atom stereocenters. The van der Waals surface area contributed by atoms with Crippen molar-refractivity contribution in [3.05, 3.63) is 70.2 Å². The number of carbonyl (C=O) groups excluding carboxylic acids is 2. The number of benzene rings is 1. The van der Waals surface area contributed by atoms with E-state index in [9.17, 15) is 14.0 Å². The molecule has 1 unspecified atom stereocenters. The maximum absolute atomic E-state index is 13.0. The van der Waals surface area contributed by atoms with E-state index in [1.165, 1.54) is 35.6 Å². The van der Waals surface area contributed by atoms with Crippen LogP contribution in [0.3, 0.4) is 0 Å². The van der Waals surface area contributed by atoms with Gasteiger partial charge in [0.05, 0.1) is 5.56 Å². The second kappa shape index (κ2) is 8.44. The summed E-state index contributed by atoms with van der Waals surface area (Å²) in [5.41, 5.74) is 1.05. The predicted molar refractivity (Wildman–Crippen MR) is 106 cm³/mol. The van der Waals surface area contributed by atoms with Crippen LogP contribution in [0.25, 0.3) is 0 Å². The van der Waals surface area contributed by atoms with E-state index in [1.54, 1.807) is 29.4 Å². The summed E-state index contributed by atoms with van der Waals surface area (Å²) in [7, 11) is 0. The molecule has 2 aromatic heterocycles. The molecule has 3 aromatic rings. The van der Waals surface area contributed by atoms with Gasteiger partial charge in [0.15, 0.2) is 0 Å². The molecule has 4 rings (SSSR count). The van der Waals surface area contributed by atoms with Gasteiger partial charge in [-0.05, 0) is 49.2 Å². The van der Waals surface area contributed by atoms with Crippen LogP contribution in [0.5, 0.6) is 0 Å². The summed E-state index contributed by atoms with van der Waals surface area (Å²) in [6.45, 7) is 1.21. The molecule has 2 amide bonds. The van der Waals surface area contributed by atoms with Gasteiger partial charge < -0.3 is 10.2 Å². The van der Waals surface area contributed by atoms with Gasteiger partial charge in [0.2, 0.25) is 5.01 Å². The Hall–Kier alpha value is -3.20. The molecule has 148 valence electrons. The number of likely N-dealkylation sites (tertiary alicyclic amines) is 1. The molecule has 29 heavy (non-hydrogen) atoms. The highest BCUT2D eigenvalue weighted by Gasteiger charge is 2.28. The summed E-state index contributed by atoms with van der Waals surface area (Å²) in [6, 6.07) is 9.01. The van der Waals surface area contributed by atoms with Crippen molar-refractivity contribution in [2.24, 2.45) is 0 Å². The summed E-state index contributed by atoms with van der Waals surface area (Å²) in [6.07, 6.45) is 4.93. The minimum atomic E-state index is -0.389. The van der Waals surface area contributed by atoms with Gasteiger partial charge in [-0.1, -0.05) is 11.3 Å². The fourth-order valence-corrected chi connectivity index (χ4v) is 4.11. The molecule has 0 radical (unpaired) electrons. The van der Waals surface area contributed by atoms with Crippen molar-refractivity contribution in [2.75, 3.05) is 18.4 Å². The van der Waals surface area contributed by atoms with E-state index < -0.39 is 0 Å². The molecule has 1 N–H and O–H groups in total. The Bertz CT molecular complexity index is 1010. The van der Waals surface area contributed by atoms with Gasteiger partial charge in [-0.15, -0.1) is 10.2 Å². The lowest BCUT2D eigenvalue weighted by Gasteiger charge is -2.31. The summed E-state index contributed by atoms with van der Waals surface area (Å²) < 4.78 is 13.0. The number of aromatic nitrogens is 3. The van der Waals surface area contributed by atoms with E-state index in [1.807, 2.05) is 0 Å². The van der Waals surface area contributed by atoms with E-state index in [0.717, 1.165) is 17.8 Å². The van der Waals surface area contributed by atoms with Crippen LogP contribution in [0.15, 0.2) is 48.8 Å². The third kappa shape index (κ3) is 4.45. The Morgan fingerprint density at radius 2 is 2.00 bits per heavy atom. The number of hydrogen-bond donors (Lipinski definition) is 1. The molecule has 0 bridgehead atoms. The van der Waals surface area contributed by atoms with E-state index in [4.69, 9.17) is 0 Å². The van der Waals surface area contributed by atoms with Gasteiger partial charge in [0.25, 0.3) is 11.8 Å². The third-order valence-electron chi connectivity index (χ3n) is 4.70. The Morgan fingerprint density at radius 1 is 1.17 bits per heavy atom. The molecule has 1 aliphatic rings. The predicted octanol–water partition coefficient (Wildman–Crippen LogP) is 3.34. The molecular formula is C20H18FN5O2S. The molecular weight excluding hydrogens is 393 g/mol. The Balaban J connectivity index is 1.42. The lowest BCUT2D eigenvalue weighted by Crippen LogP contribution is -2.39. The van der Waals surface area contributed by atoms with Crippen molar-refractivity contribution < 1.29 is 14.0 Å². The maximum atomic E-state index is 13.0. The molecule has 0 aliphatic carbocycles. The first kappa shape index (κ1) is 19.1. The monoisotopic (exact) mass is 411 g/mol. The van der Waals surface area contributed by atoms with Gasteiger partial charge in [-0.2, -0.15) is 0 Å². The highest BCUT2D eigenvalue weighted by molar-refractivity contribution is 7.13.